The van der Waals surface area contributed by atoms with Gasteiger partial charge in [0, 0.05) is 17.5 Å². The lowest BCUT2D eigenvalue weighted by molar-refractivity contribution is -0.139. The number of pyridine rings is 1. The fourth-order valence-electron chi connectivity index (χ4n) is 4.47. The summed E-state index contributed by atoms with van der Waals surface area (Å²) < 4.78 is 15.7. The summed E-state index contributed by atoms with van der Waals surface area (Å²) in [6.07, 6.45) is 0.465. The van der Waals surface area contributed by atoms with Crippen molar-refractivity contribution in [1.82, 2.24) is 14.8 Å². The molecule has 37 heavy (non-hydrogen) atoms. The van der Waals surface area contributed by atoms with E-state index in [0.717, 1.165) is 39.2 Å². The summed E-state index contributed by atoms with van der Waals surface area (Å²) in [5, 5.41) is 34.9. The molecule has 1 unspecified atom stereocenters. The average molecular weight is 504 g/mol. The zero-order valence-corrected chi connectivity index (χ0v) is 21.0. The second kappa shape index (κ2) is 11.0. The standard InChI is InChI=1S/C29H30FN3O4/c1-17(2)28-24(14-13-22(34)15-23(35)16-25(36)37)27(19-9-11-20(30)12-10-19)26-18(3)32-33(29(26)31-28)21-7-5-4-6-8-21/h4-14,17,22-23,34-35H,15-16H2,1-3H3,(H,36,37)/b14-13+/t22?,23-/m0/s1. The van der Waals surface area contributed by atoms with Crippen LogP contribution in [-0.2, 0) is 4.79 Å². The third kappa shape index (κ3) is 5.76. The first-order valence-electron chi connectivity index (χ1n) is 12.2. The van der Waals surface area contributed by atoms with Crippen molar-refractivity contribution in [2.24, 2.45) is 0 Å². The fourth-order valence-corrected chi connectivity index (χ4v) is 4.47. The number of aliphatic hydroxyl groups excluding tert-OH is 2. The Hall–Kier alpha value is -3.88. The van der Waals surface area contributed by atoms with Crippen LogP contribution in [-0.4, -0.2) is 48.3 Å². The lowest BCUT2D eigenvalue weighted by Crippen LogP contribution is -2.19. The van der Waals surface area contributed by atoms with Crippen LogP contribution in [0.25, 0.3) is 33.9 Å². The smallest absolute Gasteiger partial charge is 0.305 e. The Balaban J connectivity index is 1.94. The lowest BCUT2D eigenvalue weighted by atomic mass is 9.91. The van der Waals surface area contributed by atoms with Crippen LogP contribution < -0.4 is 0 Å². The number of hydrogen-bond acceptors (Lipinski definition) is 5. The summed E-state index contributed by atoms with van der Waals surface area (Å²) in [5.74, 6) is -1.49. The maximum Gasteiger partial charge on any atom is 0.305 e. The first-order valence-corrected chi connectivity index (χ1v) is 12.2. The van der Waals surface area contributed by atoms with Crippen molar-refractivity contribution in [1.29, 1.82) is 0 Å². The Kier molecular flexibility index (Phi) is 7.80. The molecule has 2 aromatic carbocycles. The summed E-state index contributed by atoms with van der Waals surface area (Å²) in [5.41, 5.74) is 5.36. The molecule has 8 heteroatoms. The van der Waals surface area contributed by atoms with E-state index in [9.17, 15) is 19.4 Å². The predicted octanol–water partition coefficient (Wildman–Crippen LogP) is 5.26. The summed E-state index contributed by atoms with van der Waals surface area (Å²) in [4.78, 5) is 15.9. The molecule has 0 aliphatic carbocycles. The normalized spacial score (nSPS) is 13.5. The van der Waals surface area contributed by atoms with Crippen LogP contribution in [0.1, 0.15) is 49.6 Å². The molecule has 0 fully saturated rings. The monoisotopic (exact) mass is 503 g/mol. The number of carbonyl (C=O) groups is 1. The molecule has 0 bridgehead atoms. The highest BCUT2D eigenvalue weighted by Crippen LogP contribution is 2.38. The number of carboxylic acids is 1. The predicted molar refractivity (Wildman–Crippen MR) is 141 cm³/mol. The van der Waals surface area contributed by atoms with Gasteiger partial charge >= 0.3 is 5.97 Å². The van der Waals surface area contributed by atoms with Crippen molar-refractivity contribution < 1.29 is 24.5 Å². The number of aryl methyl sites for hydroxylation is 1. The number of hydrogen-bond donors (Lipinski definition) is 3. The van der Waals surface area contributed by atoms with Gasteiger partial charge in [-0.2, -0.15) is 5.10 Å². The zero-order chi connectivity index (χ0) is 26.7. The van der Waals surface area contributed by atoms with E-state index in [2.05, 4.69) is 0 Å². The maximum atomic E-state index is 13.9. The quantitative estimate of drug-likeness (QED) is 0.288. The average Bonchev–Trinajstić information content (AvgIpc) is 3.18. The molecule has 192 valence electrons. The zero-order valence-electron chi connectivity index (χ0n) is 21.0. The molecule has 0 radical (unpaired) electrons. The molecule has 0 aliphatic rings. The molecule has 4 aromatic rings. The molecule has 0 saturated heterocycles. The minimum Gasteiger partial charge on any atom is -0.481 e. The van der Waals surface area contributed by atoms with Crippen LogP contribution in [0, 0.1) is 12.7 Å². The van der Waals surface area contributed by atoms with Crippen LogP contribution in [0.2, 0.25) is 0 Å². The van der Waals surface area contributed by atoms with Crippen LogP contribution in [0.15, 0.2) is 60.7 Å². The summed E-state index contributed by atoms with van der Waals surface area (Å²) in [6, 6.07) is 15.9. The Morgan fingerprint density at radius 2 is 1.76 bits per heavy atom. The van der Waals surface area contributed by atoms with E-state index in [1.54, 1.807) is 22.9 Å². The van der Waals surface area contributed by atoms with Gasteiger partial charge in [-0.1, -0.05) is 56.3 Å². The number of para-hydroxylation sites is 1. The van der Waals surface area contributed by atoms with Gasteiger partial charge in [0.15, 0.2) is 5.65 Å². The van der Waals surface area contributed by atoms with E-state index in [1.165, 1.54) is 18.2 Å². The number of nitrogens with zero attached hydrogens (tertiary/aromatic N) is 3. The third-order valence-corrected chi connectivity index (χ3v) is 6.15. The van der Waals surface area contributed by atoms with Gasteiger partial charge in [-0.05, 0) is 42.7 Å². The molecule has 0 saturated carbocycles. The second-order valence-electron chi connectivity index (χ2n) is 9.39. The molecule has 0 amide bonds. The molecule has 7 nitrogen and oxygen atoms in total. The van der Waals surface area contributed by atoms with E-state index in [0.29, 0.717) is 5.65 Å². The molecule has 2 atom stereocenters. The Labute approximate surface area is 214 Å². The first-order chi connectivity index (χ1) is 17.7. The first kappa shape index (κ1) is 26.2. The SMILES string of the molecule is Cc1nn(-c2ccccc2)c2nc(C(C)C)c(/C=C/C(O)C[C@H](O)CC(=O)O)c(-c3ccc(F)cc3)c12. The highest BCUT2D eigenvalue weighted by Gasteiger charge is 2.23. The molecule has 2 aromatic heterocycles. The van der Waals surface area contributed by atoms with Gasteiger partial charge in [-0.25, -0.2) is 14.1 Å². The van der Waals surface area contributed by atoms with E-state index < -0.39 is 24.6 Å². The van der Waals surface area contributed by atoms with E-state index in [4.69, 9.17) is 15.2 Å². The van der Waals surface area contributed by atoms with Crippen molar-refractivity contribution in [2.75, 3.05) is 0 Å². The molecule has 3 N–H and O–H groups in total. The van der Waals surface area contributed by atoms with E-state index in [1.807, 2.05) is 51.1 Å². The largest absolute Gasteiger partial charge is 0.481 e. The minimum atomic E-state index is -1.18. The fraction of sp³-hybridized carbons (Fsp3) is 0.276. The van der Waals surface area contributed by atoms with Gasteiger partial charge in [0.05, 0.1) is 41.1 Å². The van der Waals surface area contributed by atoms with Gasteiger partial charge in [-0.3, -0.25) is 4.79 Å². The van der Waals surface area contributed by atoms with Crippen LogP contribution in [0.4, 0.5) is 4.39 Å². The van der Waals surface area contributed by atoms with Crippen molar-refractivity contribution >= 4 is 23.1 Å². The number of benzene rings is 2. The highest BCUT2D eigenvalue weighted by atomic mass is 19.1. The Morgan fingerprint density at radius 3 is 2.38 bits per heavy atom. The van der Waals surface area contributed by atoms with E-state index in [-0.39, 0.29) is 18.2 Å². The molecule has 2 heterocycles. The van der Waals surface area contributed by atoms with Gasteiger partial charge in [-0.15, -0.1) is 0 Å². The lowest BCUT2D eigenvalue weighted by Gasteiger charge is -2.17. The van der Waals surface area contributed by atoms with Crippen molar-refractivity contribution in [3.05, 3.63) is 83.4 Å². The summed E-state index contributed by atoms with van der Waals surface area (Å²) >= 11 is 0. The van der Waals surface area contributed by atoms with Crippen molar-refractivity contribution in [3.63, 3.8) is 0 Å². The number of aliphatic hydroxyl groups is 2. The number of aliphatic carboxylic acids is 1. The number of carboxylic acid groups (broad SMARTS) is 1. The minimum absolute atomic E-state index is 0.00239. The number of rotatable bonds is 9. The van der Waals surface area contributed by atoms with Crippen molar-refractivity contribution in [3.8, 4) is 16.8 Å². The van der Waals surface area contributed by atoms with Gasteiger partial charge in [0.2, 0.25) is 0 Å². The molecule has 0 spiro atoms. The molecule has 0 aliphatic heterocycles. The summed E-state index contributed by atoms with van der Waals surface area (Å²) in [7, 11) is 0. The van der Waals surface area contributed by atoms with Gasteiger partial charge < -0.3 is 15.3 Å². The van der Waals surface area contributed by atoms with Gasteiger partial charge in [0.25, 0.3) is 0 Å². The van der Waals surface area contributed by atoms with Crippen LogP contribution in [0.3, 0.4) is 0 Å². The number of aromatic nitrogens is 3. The number of fused-ring (bicyclic) bond motifs is 1. The topological polar surface area (TPSA) is 108 Å². The second-order valence-corrected chi connectivity index (χ2v) is 9.39. The number of halogens is 1. The van der Waals surface area contributed by atoms with Crippen LogP contribution in [0.5, 0.6) is 0 Å². The van der Waals surface area contributed by atoms with Crippen molar-refractivity contribution in [2.45, 2.75) is 51.7 Å². The highest BCUT2D eigenvalue weighted by molar-refractivity contribution is 6.00. The van der Waals surface area contributed by atoms with Gasteiger partial charge in [0.1, 0.15) is 5.82 Å². The third-order valence-electron chi connectivity index (χ3n) is 6.15. The Morgan fingerprint density at radius 1 is 1.08 bits per heavy atom. The molecule has 4 rings (SSSR count). The Bertz CT molecular complexity index is 1430. The molecular weight excluding hydrogens is 473 g/mol. The van der Waals surface area contributed by atoms with E-state index >= 15 is 0 Å². The molecular formula is C29H30FN3O4. The van der Waals surface area contributed by atoms with Crippen LogP contribution >= 0.6 is 0 Å². The summed E-state index contributed by atoms with van der Waals surface area (Å²) in [6.45, 7) is 5.93. The maximum absolute atomic E-state index is 13.9.